The quantitative estimate of drug-likeness (QED) is 0.581. The summed E-state index contributed by atoms with van der Waals surface area (Å²) in [6, 6.07) is 7.30. The summed E-state index contributed by atoms with van der Waals surface area (Å²) in [5.74, 6) is -0.180. The summed E-state index contributed by atoms with van der Waals surface area (Å²) in [5, 5.41) is 13.1. The molecule has 108 valence electrons. The van der Waals surface area contributed by atoms with Crippen LogP contribution in [0.2, 0.25) is 0 Å². The molecule has 0 heterocycles. The molecule has 20 heavy (non-hydrogen) atoms. The molecule has 1 aliphatic carbocycles. The first kappa shape index (κ1) is 14.6. The Kier molecular flexibility index (Phi) is 4.79. The summed E-state index contributed by atoms with van der Waals surface area (Å²) >= 11 is 0. The van der Waals surface area contributed by atoms with E-state index in [4.69, 9.17) is 5.73 Å². The highest BCUT2D eigenvalue weighted by Crippen LogP contribution is 2.27. The lowest BCUT2D eigenvalue weighted by Crippen LogP contribution is -2.43. The first-order valence-electron chi connectivity index (χ1n) is 7.11. The summed E-state index contributed by atoms with van der Waals surface area (Å²) in [6.07, 6.45) is 8.01. The van der Waals surface area contributed by atoms with Gasteiger partial charge in [0.1, 0.15) is 0 Å². The van der Waals surface area contributed by atoms with Gasteiger partial charge in [0, 0.05) is 18.3 Å². The molecule has 4 nitrogen and oxygen atoms in total. The van der Waals surface area contributed by atoms with Gasteiger partial charge in [0.25, 0.3) is 0 Å². The van der Waals surface area contributed by atoms with Gasteiger partial charge in [-0.05, 0) is 36.6 Å². The molecular formula is C16H22N2O2. The summed E-state index contributed by atoms with van der Waals surface area (Å²) < 4.78 is 0. The first-order valence-corrected chi connectivity index (χ1v) is 7.11. The predicted octanol–water partition coefficient (Wildman–Crippen LogP) is 2.09. The Bertz CT molecular complexity index is 474. The molecule has 0 spiro atoms. The van der Waals surface area contributed by atoms with E-state index in [9.17, 15) is 9.90 Å². The Hall–Kier alpha value is -1.81. The Labute approximate surface area is 119 Å². The van der Waals surface area contributed by atoms with Crippen molar-refractivity contribution in [2.45, 2.75) is 37.7 Å². The third-order valence-corrected chi connectivity index (χ3v) is 3.74. The van der Waals surface area contributed by atoms with E-state index < -0.39 is 5.60 Å². The molecule has 1 amide bonds. The summed E-state index contributed by atoms with van der Waals surface area (Å²) in [5.41, 5.74) is 6.50. The van der Waals surface area contributed by atoms with Crippen molar-refractivity contribution in [1.29, 1.82) is 0 Å². The number of hydrogen-bond acceptors (Lipinski definition) is 3. The standard InChI is InChI=1S/C16H22N2O2/c17-14-7-4-13(5-8-14)6-9-15(19)18-12-16(20)10-2-1-3-11-16/h4-9,20H,1-3,10-12,17H2,(H,18,19)/b9-6+. The molecule has 4 heteroatoms. The van der Waals surface area contributed by atoms with Crippen LogP contribution in [0, 0.1) is 0 Å². The SMILES string of the molecule is Nc1ccc(/C=C/C(=O)NCC2(O)CCCCC2)cc1. The predicted molar refractivity (Wildman–Crippen MR) is 80.9 cm³/mol. The van der Waals surface area contributed by atoms with Gasteiger partial charge in [0.15, 0.2) is 0 Å². The van der Waals surface area contributed by atoms with Gasteiger partial charge in [-0.25, -0.2) is 0 Å². The average molecular weight is 274 g/mol. The number of carbonyl (C=O) groups excluding carboxylic acids is 1. The summed E-state index contributed by atoms with van der Waals surface area (Å²) in [4.78, 5) is 11.7. The lowest BCUT2D eigenvalue weighted by molar-refractivity contribution is -0.118. The van der Waals surface area contributed by atoms with Crippen LogP contribution in [0.3, 0.4) is 0 Å². The fourth-order valence-electron chi connectivity index (χ4n) is 2.48. The van der Waals surface area contributed by atoms with E-state index in [-0.39, 0.29) is 5.91 Å². The molecule has 0 atom stereocenters. The van der Waals surface area contributed by atoms with Gasteiger partial charge >= 0.3 is 0 Å². The van der Waals surface area contributed by atoms with Gasteiger partial charge < -0.3 is 16.2 Å². The van der Waals surface area contributed by atoms with Gasteiger partial charge in [-0.3, -0.25) is 4.79 Å². The molecule has 0 bridgehead atoms. The van der Waals surface area contributed by atoms with Crippen molar-refractivity contribution in [1.82, 2.24) is 5.32 Å². The van der Waals surface area contributed by atoms with Gasteiger partial charge in [-0.2, -0.15) is 0 Å². The Balaban J connectivity index is 1.81. The lowest BCUT2D eigenvalue weighted by Gasteiger charge is -2.31. The summed E-state index contributed by atoms with van der Waals surface area (Å²) in [7, 11) is 0. The molecule has 0 radical (unpaired) electrons. The van der Waals surface area contributed by atoms with Crippen molar-refractivity contribution < 1.29 is 9.90 Å². The van der Waals surface area contributed by atoms with Crippen molar-refractivity contribution >= 4 is 17.7 Å². The number of amides is 1. The van der Waals surface area contributed by atoms with Gasteiger partial charge in [-0.1, -0.05) is 31.4 Å². The van der Waals surface area contributed by atoms with Crippen LogP contribution in [-0.2, 0) is 4.79 Å². The number of rotatable bonds is 4. The second-order valence-corrected chi connectivity index (χ2v) is 5.50. The minimum atomic E-state index is -0.719. The zero-order valence-corrected chi connectivity index (χ0v) is 11.6. The van der Waals surface area contributed by atoms with Gasteiger partial charge in [-0.15, -0.1) is 0 Å². The Morgan fingerprint density at radius 2 is 1.90 bits per heavy atom. The molecule has 1 aromatic carbocycles. The van der Waals surface area contributed by atoms with Crippen LogP contribution < -0.4 is 11.1 Å². The van der Waals surface area contributed by atoms with Crippen molar-refractivity contribution in [3.8, 4) is 0 Å². The topological polar surface area (TPSA) is 75.4 Å². The highest BCUT2D eigenvalue weighted by atomic mass is 16.3. The molecule has 0 unspecified atom stereocenters. The van der Waals surface area contributed by atoms with Crippen molar-refractivity contribution in [3.05, 3.63) is 35.9 Å². The van der Waals surface area contributed by atoms with E-state index in [0.717, 1.165) is 31.2 Å². The number of nitrogens with two attached hydrogens (primary N) is 1. The fourth-order valence-corrected chi connectivity index (χ4v) is 2.48. The number of aliphatic hydroxyl groups is 1. The van der Waals surface area contributed by atoms with E-state index in [0.29, 0.717) is 12.2 Å². The molecule has 2 rings (SSSR count). The largest absolute Gasteiger partial charge is 0.399 e. The third kappa shape index (κ3) is 4.38. The highest BCUT2D eigenvalue weighted by Gasteiger charge is 2.29. The third-order valence-electron chi connectivity index (χ3n) is 3.74. The zero-order chi connectivity index (χ0) is 14.4. The number of carbonyl (C=O) groups is 1. The van der Waals surface area contributed by atoms with Crippen LogP contribution in [0.4, 0.5) is 5.69 Å². The molecule has 0 aliphatic heterocycles. The van der Waals surface area contributed by atoms with Crippen LogP contribution in [-0.4, -0.2) is 23.2 Å². The smallest absolute Gasteiger partial charge is 0.244 e. The molecule has 1 fully saturated rings. The molecule has 0 saturated heterocycles. The number of benzene rings is 1. The second-order valence-electron chi connectivity index (χ2n) is 5.50. The minimum Gasteiger partial charge on any atom is -0.399 e. The van der Waals surface area contributed by atoms with Crippen molar-refractivity contribution in [2.75, 3.05) is 12.3 Å². The first-order chi connectivity index (χ1) is 9.57. The van der Waals surface area contributed by atoms with Crippen LogP contribution in [0.5, 0.6) is 0 Å². The molecule has 4 N–H and O–H groups in total. The van der Waals surface area contributed by atoms with Gasteiger partial charge in [0.05, 0.1) is 5.60 Å². The highest BCUT2D eigenvalue weighted by molar-refractivity contribution is 5.91. The van der Waals surface area contributed by atoms with Crippen molar-refractivity contribution in [3.63, 3.8) is 0 Å². The minimum absolute atomic E-state index is 0.180. The van der Waals surface area contributed by atoms with Crippen molar-refractivity contribution in [2.24, 2.45) is 0 Å². The number of nitrogen functional groups attached to an aromatic ring is 1. The Morgan fingerprint density at radius 1 is 1.25 bits per heavy atom. The number of hydrogen-bond donors (Lipinski definition) is 3. The van der Waals surface area contributed by atoms with Crippen LogP contribution in [0.15, 0.2) is 30.3 Å². The molecule has 1 aliphatic rings. The summed E-state index contributed by atoms with van der Waals surface area (Å²) in [6.45, 7) is 0.331. The molecule has 1 aromatic rings. The normalized spacial score (nSPS) is 18.1. The molecule has 1 saturated carbocycles. The van der Waals surface area contributed by atoms with E-state index in [2.05, 4.69) is 5.32 Å². The fraction of sp³-hybridized carbons (Fsp3) is 0.438. The van der Waals surface area contributed by atoms with Crippen LogP contribution in [0.1, 0.15) is 37.7 Å². The maximum Gasteiger partial charge on any atom is 0.244 e. The monoisotopic (exact) mass is 274 g/mol. The van der Waals surface area contributed by atoms with Gasteiger partial charge in [0.2, 0.25) is 5.91 Å². The Morgan fingerprint density at radius 3 is 2.55 bits per heavy atom. The van der Waals surface area contributed by atoms with Crippen LogP contribution in [0.25, 0.3) is 6.08 Å². The second kappa shape index (κ2) is 6.57. The maximum atomic E-state index is 11.7. The van der Waals surface area contributed by atoms with Crippen LogP contribution >= 0.6 is 0 Å². The van der Waals surface area contributed by atoms with E-state index >= 15 is 0 Å². The molecule has 0 aromatic heterocycles. The van der Waals surface area contributed by atoms with E-state index in [1.165, 1.54) is 12.5 Å². The average Bonchev–Trinajstić information content (AvgIpc) is 2.45. The number of nitrogens with one attached hydrogen (secondary N) is 1. The zero-order valence-electron chi connectivity index (χ0n) is 11.6. The number of anilines is 1. The van der Waals surface area contributed by atoms with E-state index in [1.807, 2.05) is 12.1 Å². The van der Waals surface area contributed by atoms with E-state index in [1.54, 1.807) is 18.2 Å². The molecular weight excluding hydrogens is 252 g/mol. The maximum absolute atomic E-state index is 11.7. The lowest BCUT2D eigenvalue weighted by atomic mass is 9.85.